The number of rotatable bonds is 3. The molecule has 0 amide bonds. The van der Waals surface area contributed by atoms with Gasteiger partial charge < -0.3 is 5.32 Å². The molecule has 21 heavy (non-hydrogen) atoms. The van der Waals surface area contributed by atoms with Crippen molar-refractivity contribution in [3.63, 3.8) is 0 Å². The van der Waals surface area contributed by atoms with Gasteiger partial charge in [0.05, 0.1) is 4.47 Å². The second-order valence-electron chi connectivity index (χ2n) is 3.86. The summed E-state index contributed by atoms with van der Waals surface area (Å²) in [6.45, 7) is 0. The highest BCUT2D eigenvalue weighted by Gasteiger charge is 2.33. The van der Waals surface area contributed by atoms with Crippen LogP contribution in [0.3, 0.4) is 0 Å². The fraction of sp³-hybridized carbons (Fsp3) is 0.0909. The largest absolute Gasteiger partial charge is 0.433 e. The average molecular weight is 366 g/mol. The molecule has 2 aromatic rings. The molecule has 0 fully saturated rings. The van der Waals surface area contributed by atoms with Crippen molar-refractivity contribution >= 4 is 33.4 Å². The van der Waals surface area contributed by atoms with E-state index in [1.54, 1.807) is 0 Å². The summed E-state index contributed by atoms with van der Waals surface area (Å²) in [6.07, 6.45) is -4.64. The topological polar surface area (TPSA) is 75.9 Å². The minimum Gasteiger partial charge on any atom is -0.340 e. The van der Waals surface area contributed by atoms with Gasteiger partial charge in [0.2, 0.25) is 5.95 Å². The maximum Gasteiger partial charge on any atom is 0.433 e. The molecule has 4 N–H and O–H groups in total. The summed E-state index contributed by atoms with van der Waals surface area (Å²) in [6, 6.07) is 4.59. The number of hydrazine groups is 1. The van der Waals surface area contributed by atoms with E-state index in [0.29, 0.717) is 5.69 Å². The first-order valence-electron chi connectivity index (χ1n) is 5.44. The number of nitrogens with one attached hydrogen (secondary N) is 2. The summed E-state index contributed by atoms with van der Waals surface area (Å²) in [7, 11) is 0. The fourth-order valence-electron chi connectivity index (χ4n) is 1.44. The molecule has 0 radical (unpaired) electrons. The van der Waals surface area contributed by atoms with Gasteiger partial charge in [-0.2, -0.15) is 18.2 Å². The number of nitrogens with zero attached hydrogens (tertiary/aromatic N) is 2. The molecule has 1 heterocycles. The zero-order chi connectivity index (χ0) is 15.6. The first-order valence-corrected chi connectivity index (χ1v) is 6.24. The van der Waals surface area contributed by atoms with Crippen molar-refractivity contribution in [2.75, 3.05) is 10.7 Å². The molecule has 0 aliphatic heterocycles. The Morgan fingerprint density at radius 1 is 1.14 bits per heavy atom. The van der Waals surface area contributed by atoms with E-state index in [1.807, 2.05) is 5.43 Å². The zero-order valence-electron chi connectivity index (χ0n) is 10.2. The van der Waals surface area contributed by atoms with E-state index in [1.165, 1.54) is 12.1 Å². The summed E-state index contributed by atoms with van der Waals surface area (Å²) < 4.78 is 51.4. The van der Waals surface area contributed by atoms with Crippen LogP contribution in [0, 0.1) is 5.82 Å². The normalized spacial score (nSPS) is 11.3. The van der Waals surface area contributed by atoms with E-state index in [-0.39, 0.29) is 10.3 Å². The Labute approximate surface area is 124 Å². The summed E-state index contributed by atoms with van der Waals surface area (Å²) in [5.41, 5.74) is 1.14. The minimum atomic E-state index is -4.64. The van der Waals surface area contributed by atoms with E-state index >= 15 is 0 Å². The van der Waals surface area contributed by atoms with Gasteiger partial charge in [-0.3, -0.25) is 5.43 Å². The minimum absolute atomic E-state index is 0.135. The predicted octanol–water partition coefficient (Wildman–Crippen LogP) is 3.43. The van der Waals surface area contributed by atoms with Crippen molar-refractivity contribution in [3.05, 3.63) is 40.2 Å². The second-order valence-corrected chi connectivity index (χ2v) is 4.71. The highest BCUT2D eigenvalue weighted by molar-refractivity contribution is 9.10. The number of nitrogens with two attached hydrogens (primary N) is 1. The Kier molecular flexibility index (Phi) is 4.28. The van der Waals surface area contributed by atoms with Gasteiger partial charge in [0, 0.05) is 11.8 Å². The van der Waals surface area contributed by atoms with Gasteiger partial charge in [-0.05, 0) is 34.1 Å². The molecule has 0 bridgehead atoms. The van der Waals surface area contributed by atoms with Crippen molar-refractivity contribution in [2.45, 2.75) is 6.18 Å². The summed E-state index contributed by atoms with van der Waals surface area (Å²) in [4.78, 5) is 6.96. The van der Waals surface area contributed by atoms with Gasteiger partial charge in [-0.25, -0.2) is 15.2 Å². The number of benzene rings is 1. The van der Waals surface area contributed by atoms with Crippen LogP contribution in [0.2, 0.25) is 0 Å². The number of anilines is 3. The molecular weight excluding hydrogens is 358 g/mol. The predicted molar refractivity (Wildman–Crippen MR) is 72.2 cm³/mol. The lowest BCUT2D eigenvalue weighted by Crippen LogP contribution is -2.16. The first kappa shape index (κ1) is 15.4. The van der Waals surface area contributed by atoms with Crippen molar-refractivity contribution in [2.24, 2.45) is 5.84 Å². The van der Waals surface area contributed by atoms with Crippen LogP contribution in [-0.2, 0) is 6.18 Å². The average Bonchev–Trinajstić information content (AvgIpc) is 2.41. The van der Waals surface area contributed by atoms with Gasteiger partial charge in [0.25, 0.3) is 0 Å². The third-order valence-corrected chi connectivity index (χ3v) is 2.95. The van der Waals surface area contributed by atoms with Gasteiger partial charge in [0.15, 0.2) is 5.69 Å². The van der Waals surface area contributed by atoms with Gasteiger partial charge in [0.1, 0.15) is 11.6 Å². The van der Waals surface area contributed by atoms with E-state index in [4.69, 9.17) is 5.84 Å². The molecule has 5 nitrogen and oxygen atoms in total. The molecule has 112 valence electrons. The Hall–Kier alpha value is -1.94. The van der Waals surface area contributed by atoms with E-state index < -0.39 is 23.6 Å². The van der Waals surface area contributed by atoms with Crippen LogP contribution in [0.15, 0.2) is 28.7 Å². The highest BCUT2D eigenvalue weighted by atomic mass is 79.9. The quantitative estimate of drug-likeness (QED) is 0.441. The lowest BCUT2D eigenvalue weighted by molar-refractivity contribution is -0.141. The summed E-state index contributed by atoms with van der Waals surface area (Å²) >= 11 is 2.97. The molecule has 0 unspecified atom stereocenters. The van der Waals surface area contributed by atoms with Crippen LogP contribution >= 0.6 is 15.9 Å². The van der Waals surface area contributed by atoms with E-state index in [0.717, 1.165) is 12.1 Å². The van der Waals surface area contributed by atoms with E-state index in [2.05, 4.69) is 31.2 Å². The van der Waals surface area contributed by atoms with Crippen molar-refractivity contribution in [3.8, 4) is 0 Å². The zero-order valence-corrected chi connectivity index (χ0v) is 11.8. The maximum absolute atomic E-state index is 13.1. The van der Waals surface area contributed by atoms with Gasteiger partial charge >= 0.3 is 6.18 Å². The third kappa shape index (κ3) is 3.79. The fourth-order valence-corrected chi connectivity index (χ4v) is 1.82. The highest BCUT2D eigenvalue weighted by Crippen LogP contribution is 2.30. The van der Waals surface area contributed by atoms with Crippen LogP contribution in [0.1, 0.15) is 5.69 Å². The molecule has 0 aliphatic rings. The molecule has 0 aliphatic carbocycles. The molecule has 0 saturated heterocycles. The molecule has 0 saturated carbocycles. The molecule has 10 heteroatoms. The van der Waals surface area contributed by atoms with Crippen LogP contribution in [0.5, 0.6) is 0 Å². The third-order valence-electron chi connectivity index (χ3n) is 2.34. The molecule has 1 aromatic heterocycles. The Balaban J connectivity index is 2.36. The molecule has 0 spiro atoms. The number of hydrogen-bond acceptors (Lipinski definition) is 5. The van der Waals surface area contributed by atoms with E-state index in [9.17, 15) is 17.6 Å². The SMILES string of the molecule is NNc1nc(Nc2ccc(F)c(Br)c2)cc(C(F)(F)F)n1. The number of nitrogen functional groups attached to an aromatic ring is 1. The number of aromatic nitrogens is 2. The molecule has 2 rings (SSSR count). The molecule has 0 atom stereocenters. The Bertz CT molecular complexity index is 662. The number of halogens is 5. The lowest BCUT2D eigenvalue weighted by Gasteiger charge is -2.11. The second kappa shape index (κ2) is 5.82. The number of hydrogen-bond donors (Lipinski definition) is 3. The van der Waals surface area contributed by atoms with Crippen LogP contribution in [-0.4, -0.2) is 9.97 Å². The summed E-state index contributed by atoms with van der Waals surface area (Å²) in [5, 5.41) is 2.62. The van der Waals surface area contributed by atoms with Gasteiger partial charge in [-0.15, -0.1) is 0 Å². The van der Waals surface area contributed by atoms with Crippen LogP contribution in [0.4, 0.5) is 35.0 Å². The Morgan fingerprint density at radius 2 is 1.86 bits per heavy atom. The Morgan fingerprint density at radius 3 is 2.43 bits per heavy atom. The van der Waals surface area contributed by atoms with Crippen molar-refractivity contribution in [1.29, 1.82) is 0 Å². The van der Waals surface area contributed by atoms with Crippen LogP contribution < -0.4 is 16.6 Å². The smallest absolute Gasteiger partial charge is 0.340 e. The maximum atomic E-state index is 13.1. The lowest BCUT2D eigenvalue weighted by atomic mass is 10.3. The standard InChI is InChI=1S/C11H8BrF4N5/c12-6-3-5(1-2-7(6)13)18-9-4-8(11(14,15)16)19-10(20-9)21-17/h1-4H,17H2,(H2,18,19,20,21). The van der Waals surface area contributed by atoms with Crippen molar-refractivity contribution < 1.29 is 17.6 Å². The van der Waals surface area contributed by atoms with Gasteiger partial charge in [-0.1, -0.05) is 0 Å². The van der Waals surface area contributed by atoms with Crippen LogP contribution in [0.25, 0.3) is 0 Å². The number of alkyl halides is 3. The summed E-state index contributed by atoms with van der Waals surface area (Å²) in [5.74, 6) is 4.01. The first-order chi connectivity index (χ1) is 9.79. The molecule has 1 aromatic carbocycles. The van der Waals surface area contributed by atoms with Crippen molar-refractivity contribution in [1.82, 2.24) is 9.97 Å². The molecular formula is C11H8BrF4N5. The monoisotopic (exact) mass is 365 g/mol.